The van der Waals surface area contributed by atoms with Crippen LogP contribution in [0.2, 0.25) is 0 Å². The molecule has 1 aliphatic rings. The van der Waals surface area contributed by atoms with E-state index in [9.17, 15) is 4.79 Å². The minimum absolute atomic E-state index is 0.306. The third kappa shape index (κ3) is 4.65. The number of rotatable bonds is 5. The number of carbonyl (C=O) groups is 1. The van der Waals surface area contributed by atoms with E-state index in [2.05, 4.69) is 24.1 Å². The van der Waals surface area contributed by atoms with E-state index in [0.29, 0.717) is 12.0 Å². The normalized spacial score (nSPS) is 21.0. The van der Waals surface area contributed by atoms with E-state index in [1.807, 2.05) is 0 Å². The van der Waals surface area contributed by atoms with E-state index in [0.717, 1.165) is 13.0 Å². The highest BCUT2D eigenvalue weighted by Gasteiger charge is 2.17. The van der Waals surface area contributed by atoms with Gasteiger partial charge in [0.05, 0.1) is 0 Å². The van der Waals surface area contributed by atoms with Gasteiger partial charge >= 0.3 is 0 Å². The van der Waals surface area contributed by atoms with E-state index < -0.39 is 0 Å². The number of carbonyl (C=O) groups excluding carboxylic acids is 1. The highest BCUT2D eigenvalue weighted by Crippen LogP contribution is 2.11. The van der Waals surface area contributed by atoms with Crippen molar-refractivity contribution in [1.82, 2.24) is 10.2 Å². The van der Waals surface area contributed by atoms with Crippen LogP contribution in [0.4, 0.5) is 0 Å². The Labute approximate surface area is 93.2 Å². The SMILES string of the molecule is CC(C)[C@@H](CN1CCCCCC1)NC=O. The maximum absolute atomic E-state index is 10.5. The van der Waals surface area contributed by atoms with Gasteiger partial charge in [-0.3, -0.25) is 4.79 Å². The smallest absolute Gasteiger partial charge is 0.207 e. The third-order valence-corrected chi connectivity index (χ3v) is 3.24. The Morgan fingerprint density at radius 1 is 1.20 bits per heavy atom. The van der Waals surface area contributed by atoms with E-state index in [-0.39, 0.29) is 0 Å². The van der Waals surface area contributed by atoms with Gasteiger partial charge in [0.2, 0.25) is 6.41 Å². The molecule has 0 aromatic carbocycles. The highest BCUT2D eigenvalue weighted by molar-refractivity contribution is 5.46. The lowest BCUT2D eigenvalue weighted by atomic mass is 10.0. The van der Waals surface area contributed by atoms with Gasteiger partial charge < -0.3 is 10.2 Å². The molecule has 1 fully saturated rings. The zero-order valence-electron chi connectivity index (χ0n) is 10.0. The molecule has 0 aromatic rings. The zero-order valence-corrected chi connectivity index (χ0v) is 10.0. The van der Waals surface area contributed by atoms with Crippen LogP contribution in [0.15, 0.2) is 0 Å². The van der Waals surface area contributed by atoms with E-state index in [1.165, 1.54) is 38.8 Å². The molecule has 1 atom stereocenters. The first-order valence-electron chi connectivity index (χ1n) is 6.16. The summed E-state index contributed by atoms with van der Waals surface area (Å²) in [6.07, 6.45) is 6.19. The second-order valence-corrected chi connectivity index (χ2v) is 4.85. The fourth-order valence-corrected chi connectivity index (χ4v) is 2.14. The van der Waals surface area contributed by atoms with Gasteiger partial charge in [-0.25, -0.2) is 0 Å². The van der Waals surface area contributed by atoms with Crippen molar-refractivity contribution in [3.05, 3.63) is 0 Å². The van der Waals surface area contributed by atoms with Crippen molar-refractivity contribution in [3.63, 3.8) is 0 Å². The van der Waals surface area contributed by atoms with Gasteiger partial charge in [0.25, 0.3) is 0 Å². The molecule has 15 heavy (non-hydrogen) atoms. The molecule has 0 aromatic heterocycles. The maximum Gasteiger partial charge on any atom is 0.207 e. The number of hydrogen-bond donors (Lipinski definition) is 1. The second kappa shape index (κ2) is 6.83. The van der Waals surface area contributed by atoms with Crippen molar-refractivity contribution < 1.29 is 4.79 Å². The first kappa shape index (κ1) is 12.5. The molecular weight excluding hydrogens is 188 g/mol. The van der Waals surface area contributed by atoms with Crippen LogP contribution in [0.25, 0.3) is 0 Å². The highest BCUT2D eigenvalue weighted by atomic mass is 16.1. The molecule has 3 heteroatoms. The maximum atomic E-state index is 10.5. The monoisotopic (exact) mass is 212 g/mol. The van der Waals surface area contributed by atoms with Crippen LogP contribution in [-0.4, -0.2) is 37.0 Å². The van der Waals surface area contributed by atoms with Gasteiger partial charge in [0.1, 0.15) is 0 Å². The summed E-state index contributed by atoms with van der Waals surface area (Å²) in [6.45, 7) is 7.74. The molecule has 0 unspecified atom stereocenters. The molecule has 0 bridgehead atoms. The quantitative estimate of drug-likeness (QED) is 0.703. The molecule has 1 saturated heterocycles. The Balaban J connectivity index is 2.37. The standard InChI is InChI=1S/C12H24N2O/c1-11(2)12(13-10-15)9-14-7-5-3-4-6-8-14/h10-12H,3-9H2,1-2H3,(H,13,15)/t12-/m1/s1. The largest absolute Gasteiger partial charge is 0.354 e. The lowest BCUT2D eigenvalue weighted by Crippen LogP contribution is -2.44. The summed E-state index contributed by atoms with van der Waals surface area (Å²) >= 11 is 0. The molecule has 88 valence electrons. The molecule has 1 aliphatic heterocycles. The van der Waals surface area contributed by atoms with Crippen molar-refractivity contribution >= 4 is 6.41 Å². The molecule has 1 rings (SSSR count). The summed E-state index contributed by atoms with van der Waals surface area (Å²) in [5.41, 5.74) is 0. The Kier molecular flexibility index (Phi) is 5.69. The van der Waals surface area contributed by atoms with Gasteiger partial charge in [-0.1, -0.05) is 26.7 Å². The van der Waals surface area contributed by atoms with Crippen LogP contribution in [0, 0.1) is 5.92 Å². The average Bonchev–Trinajstić information content (AvgIpc) is 2.45. The van der Waals surface area contributed by atoms with Crippen LogP contribution < -0.4 is 5.32 Å². The van der Waals surface area contributed by atoms with Crippen LogP contribution in [0.5, 0.6) is 0 Å². The number of hydrogen-bond acceptors (Lipinski definition) is 2. The first-order chi connectivity index (χ1) is 7.24. The van der Waals surface area contributed by atoms with Crippen LogP contribution >= 0.6 is 0 Å². The van der Waals surface area contributed by atoms with Gasteiger partial charge in [-0.2, -0.15) is 0 Å². The predicted octanol–water partition coefficient (Wildman–Crippen LogP) is 1.63. The van der Waals surface area contributed by atoms with Crippen molar-refractivity contribution in [2.24, 2.45) is 5.92 Å². The summed E-state index contributed by atoms with van der Waals surface area (Å²) in [4.78, 5) is 13.0. The second-order valence-electron chi connectivity index (χ2n) is 4.85. The van der Waals surface area contributed by atoms with Gasteiger partial charge in [-0.05, 0) is 31.8 Å². The van der Waals surface area contributed by atoms with E-state index in [1.54, 1.807) is 0 Å². The van der Waals surface area contributed by atoms with Crippen molar-refractivity contribution in [2.45, 2.75) is 45.6 Å². The fraction of sp³-hybridized carbons (Fsp3) is 0.917. The molecule has 3 nitrogen and oxygen atoms in total. The molecule has 0 spiro atoms. The van der Waals surface area contributed by atoms with E-state index in [4.69, 9.17) is 0 Å². The fourth-order valence-electron chi connectivity index (χ4n) is 2.14. The zero-order chi connectivity index (χ0) is 11.1. The molecule has 0 radical (unpaired) electrons. The number of nitrogens with zero attached hydrogens (tertiary/aromatic N) is 1. The average molecular weight is 212 g/mol. The molecule has 1 heterocycles. The van der Waals surface area contributed by atoms with Crippen molar-refractivity contribution in [1.29, 1.82) is 0 Å². The molecule has 0 aliphatic carbocycles. The Morgan fingerprint density at radius 2 is 1.80 bits per heavy atom. The minimum Gasteiger partial charge on any atom is -0.354 e. The third-order valence-electron chi connectivity index (χ3n) is 3.24. The lowest BCUT2D eigenvalue weighted by molar-refractivity contribution is -0.110. The number of likely N-dealkylation sites (tertiary alicyclic amines) is 1. The van der Waals surface area contributed by atoms with Gasteiger partial charge in [0, 0.05) is 12.6 Å². The van der Waals surface area contributed by atoms with Crippen molar-refractivity contribution in [3.8, 4) is 0 Å². The molecule has 1 amide bonds. The summed E-state index contributed by atoms with van der Waals surface area (Å²) in [5.74, 6) is 0.512. The Hall–Kier alpha value is -0.570. The van der Waals surface area contributed by atoms with Crippen LogP contribution in [0.1, 0.15) is 39.5 Å². The first-order valence-corrected chi connectivity index (χ1v) is 6.16. The summed E-state index contributed by atoms with van der Waals surface area (Å²) < 4.78 is 0. The van der Waals surface area contributed by atoms with Crippen molar-refractivity contribution in [2.75, 3.05) is 19.6 Å². The Bertz CT molecular complexity index is 174. The van der Waals surface area contributed by atoms with Crippen LogP contribution in [0.3, 0.4) is 0 Å². The number of amides is 1. The summed E-state index contributed by atoms with van der Waals surface area (Å²) in [7, 11) is 0. The van der Waals surface area contributed by atoms with Gasteiger partial charge in [-0.15, -0.1) is 0 Å². The molecular formula is C12H24N2O. The van der Waals surface area contributed by atoms with Crippen LogP contribution in [-0.2, 0) is 4.79 Å². The minimum atomic E-state index is 0.306. The predicted molar refractivity (Wildman–Crippen MR) is 62.7 cm³/mol. The Morgan fingerprint density at radius 3 is 2.27 bits per heavy atom. The molecule has 1 N–H and O–H groups in total. The van der Waals surface area contributed by atoms with Gasteiger partial charge in [0.15, 0.2) is 0 Å². The number of nitrogens with one attached hydrogen (secondary N) is 1. The molecule has 0 saturated carbocycles. The summed E-state index contributed by atoms with van der Waals surface area (Å²) in [5, 5.41) is 2.93. The summed E-state index contributed by atoms with van der Waals surface area (Å²) in [6, 6.07) is 0.306. The topological polar surface area (TPSA) is 32.3 Å². The van der Waals surface area contributed by atoms with E-state index >= 15 is 0 Å². The lowest BCUT2D eigenvalue weighted by Gasteiger charge is -2.28.